The lowest BCUT2D eigenvalue weighted by molar-refractivity contribution is 0.497. The molecule has 0 spiro atoms. The summed E-state index contributed by atoms with van der Waals surface area (Å²) in [4.78, 5) is 4.40. The van der Waals surface area contributed by atoms with Crippen LogP contribution in [0.5, 0.6) is 0 Å². The predicted molar refractivity (Wildman–Crippen MR) is 81.8 cm³/mol. The van der Waals surface area contributed by atoms with E-state index in [0.717, 1.165) is 17.6 Å². The number of alkyl halides is 1. The van der Waals surface area contributed by atoms with Crippen molar-refractivity contribution >= 4 is 15.9 Å². The van der Waals surface area contributed by atoms with Gasteiger partial charge in [0.2, 0.25) is 0 Å². The van der Waals surface area contributed by atoms with Crippen molar-refractivity contribution in [2.24, 2.45) is 0 Å². The minimum atomic E-state index is 0.353. The van der Waals surface area contributed by atoms with Gasteiger partial charge < -0.3 is 0 Å². The fourth-order valence-corrected chi connectivity index (χ4v) is 2.86. The summed E-state index contributed by atoms with van der Waals surface area (Å²) in [6.45, 7) is 6.40. The Morgan fingerprint density at radius 2 is 2.11 bits per heavy atom. The number of nitrogens with zero attached hydrogens (tertiary/aromatic N) is 3. The molecule has 0 aliphatic heterocycles. The van der Waals surface area contributed by atoms with Crippen molar-refractivity contribution in [1.82, 2.24) is 14.8 Å². The number of hydrogen-bond acceptors (Lipinski definition) is 2. The average molecular weight is 322 g/mol. The van der Waals surface area contributed by atoms with Crippen LogP contribution in [0, 0.1) is 6.92 Å². The summed E-state index contributed by atoms with van der Waals surface area (Å²) in [6, 6.07) is 9.04. The second-order valence-electron chi connectivity index (χ2n) is 5.18. The van der Waals surface area contributed by atoms with Gasteiger partial charge in [-0.3, -0.25) is 0 Å². The zero-order valence-corrected chi connectivity index (χ0v) is 13.3. The Balaban J connectivity index is 2.22. The fraction of sp³-hybridized carbons (Fsp3) is 0.467. The van der Waals surface area contributed by atoms with Crippen LogP contribution in [0.3, 0.4) is 0 Å². The Morgan fingerprint density at radius 1 is 1.32 bits per heavy atom. The molecule has 0 saturated carbocycles. The first-order valence-electron chi connectivity index (χ1n) is 6.62. The number of aryl methyl sites for hydroxylation is 1. The van der Waals surface area contributed by atoms with Crippen molar-refractivity contribution in [3.63, 3.8) is 0 Å². The molecule has 2 aromatic rings. The van der Waals surface area contributed by atoms with Crippen molar-refractivity contribution in [1.29, 1.82) is 0 Å². The lowest BCUT2D eigenvalue weighted by Crippen LogP contribution is -2.13. The van der Waals surface area contributed by atoms with E-state index in [1.54, 1.807) is 6.33 Å². The maximum Gasteiger partial charge on any atom is 0.138 e. The summed E-state index contributed by atoms with van der Waals surface area (Å²) in [5, 5.41) is 5.24. The number of hydrogen-bond donors (Lipinski definition) is 0. The van der Waals surface area contributed by atoms with Crippen molar-refractivity contribution in [2.75, 3.05) is 5.33 Å². The second-order valence-corrected chi connectivity index (χ2v) is 5.83. The van der Waals surface area contributed by atoms with Crippen LogP contribution in [0.15, 0.2) is 30.6 Å². The maximum absolute atomic E-state index is 4.40. The van der Waals surface area contributed by atoms with Crippen LogP contribution in [0.2, 0.25) is 0 Å². The number of rotatable bonds is 5. The standard InChI is InChI=1S/C15H20BrN3/c1-11(2)19-15(17-10-18-19)8-14(9-16)13-6-4-5-12(3)7-13/h4-7,10-11,14H,8-9H2,1-3H3. The lowest BCUT2D eigenvalue weighted by atomic mass is 9.96. The molecule has 4 heteroatoms. The van der Waals surface area contributed by atoms with Gasteiger partial charge in [-0.25, -0.2) is 9.67 Å². The SMILES string of the molecule is Cc1cccc(C(CBr)Cc2ncnn2C(C)C)c1. The average Bonchev–Trinajstić information content (AvgIpc) is 2.84. The van der Waals surface area contributed by atoms with E-state index < -0.39 is 0 Å². The first-order chi connectivity index (χ1) is 9.11. The molecule has 3 nitrogen and oxygen atoms in total. The minimum absolute atomic E-state index is 0.353. The second kappa shape index (κ2) is 6.33. The molecule has 0 aliphatic carbocycles. The molecular formula is C15H20BrN3. The molecule has 0 aliphatic rings. The predicted octanol–water partition coefficient (Wildman–Crippen LogP) is 3.89. The Bertz CT molecular complexity index is 534. The van der Waals surface area contributed by atoms with E-state index in [9.17, 15) is 0 Å². The largest absolute Gasteiger partial charge is 0.248 e. The molecule has 1 aromatic heterocycles. The van der Waals surface area contributed by atoms with E-state index in [4.69, 9.17) is 0 Å². The van der Waals surface area contributed by atoms with E-state index in [2.05, 4.69) is 71.0 Å². The van der Waals surface area contributed by atoms with Crippen LogP contribution < -0.4 is 0 Å². The zero-order valence-electron chi connectivity index (χ0n) is 11.7. The van der Waals surface area contributed by atoms with Crippen LogP contribution >= 0.6 is 15.9 Å². The topological polar surface area (TPSA) is 30.7 Å². The minimum Gasteiger partial charge on any atom is -0.248 e. The molecule has 1 unspecified atom stereocenters. The monoisotopic (exact) mass is 321 g/mol. The van der Waals surface area contributed by atoms with Crippen molar-refractivity contribution in [2.45, 2.75) is 39.2 Å². The van der Waals surface area contributed by atoms with E-state index in [0.29, 0.717) is 12.0 Å². The molecule has 0 N–H and O–H groups in total. The Kier molecular flexibility index (Phi) is 4.75. The highest BCUT2D eigenvalue weighted by Gasteiger charge is 2.16. The summed E-state index contributed by atoms with van der Waals surface area (Å²) in [7, 11) is 0. The molecule has 0 bridgehead atoms. The number of aromatic nitrogens is 3. The summed E-state index contributed by atoms with van der Waals surface area (Å²) >= 11 is 3.63. The fourth-order valence-electron chi connectivity index (χ4n) is 2.26. The highest BCUT2D eigenvalue weighted by Crippen LogP contribution is 2.23. The maximum atomic E-state index is 4.40. The van der Waals surface area contributed by atoms with Gasteiger partial charge in [-0.2, -0.15) is 5.10 Å². The number of benzene rings is 1. The molecular weight excluding hydrogens is 302 g/mol. The quantitative estimate of drug-likeness (QED) is 0.782. The molecule has 0 fully saturated rings. The highest BCUT2D eigenvalue weighted by atomic mass is 79.9. The molecule has 1 atom stereocenters. The van der Waals surface area contributed by atoms with Gasteiger partial charge in [0.15, 0.2) is 0 Å². The molecule has 0 radical (unpaired) electrons. The molecule has 102 valence electrons. The van der Waals surface area contributed by atoms with Crippen molar-refractivity contribution < 1.29 is 0 Å². The molecule has 2 rings (SSSR count). The van der Waals surface area contributed by atoms with Crippen molar-refractivity contribution in [3.05, 3.63) is 47.5 Å². The first-order valence-corrected chi connectivity index (χ1v) is 7.75. The summed E-state index contributed by atoms with van der Waals surface area (Å²) in [6.07, 6.45) is 2.56. The molecule has 0 amide bonds. The van der Waals surface area contributed by atoms with Gasteiger partial charge in [0.05, 0.1) is 0 Å². The van der Waals surface area contributed by atoms with Gasteiger partial charge >= 0.3 is 0 Å². The van der Waals surface area contributed by atoms with E-state index in [1.165, 1.54) is 11.1 Å². The summed E-state index contributed by atoms with van der Waals surface area (Å²) < 4.78 is 2.01. The van der Waals surface area contributed by atoms with Crippen LogP contribution in [0.4, 0.5) is 0 Å². The Morgan fingerprint density at radius 3 is 2.74 bits per heavy atom. The molecule has 0 saturated heterocycles. The smallest absolute Gasteiger partial charge is 0.138 e. The van der Waals surface area contributed by atoms with Crippen molar-refractivity contribution in [3.8, 4) is 0 Å². The van der Waals surface area contributed by atoms with Crippen LogP contribution in [-0.4, -0.2) is 20.1 Å². The first kappa shape index (κ1) is 14.3. The van der Waals surface area contributed by atoms with Gasteiger partial charge in [0.1, 0.15) is 12.2 Å². The number of halogens is 1. The Hall–Kier alpha value is -1.16. The van der Waals surface area contributed by atoms with Gasteiger partial charge in [-0.05, 0) is 26.3 Å². The van der Waals surface area contributed by atoms with E-state index in [-0.39, 0.29) is 0 Å². The van der Waals surface area contributed by atoms with Gasteiger partial charge in [0.25, 0.3) is 0 Å². The summed E-state index contributed by atoms with van der Waals surface area (Å²) in [5.74, 6) is 1.49. The van der Waals surface area contributed by atoms with Crippen LogP contribution in [0.1, 0.15) is 42.8 Å². The molecule has 19 heavy (non-hydrogen) atoms. The lowest BCUT2D eigenvalue weighted by Gasteiger charge is -2.16. The van der Waals surface area contributed by atoms with E-state index >= 15 is 0 Å². The van der Waals surface area contributed by atoms with Gasteiger partial charge in [-0.1, -0.05) is 45.8 Å². The third kappa shape index (κ3) is 3.44. The van der Waals surface area contributed by atoms with Crippen LogP contribution in [0.25, 0.3) is 0 Å². The third-order valence-electron chi connectivity index (χ3n) is 3.27. The van der Waals surface area contributed by atoms with Gasteiger partial charge in [-0.15, -0.1) is 0 Å². The Labute approximate surface area is 123 Å². The third-order valence-corrected chi connectivity index (χ3v) is 4.05. The highest BCUT2D eigenvalue weighted by molar-refractivity contribution is 9.09. The van der Waals surface area contributed by atoms with E-state index in [1.807, 2.05) is 4.68 Å². The molecule has 1 aromatic carbocycles. The zero-order chi connectivity index (χ0) is 13.8. The molecule has 1 heterocycles. The normalized spacial score (nSPS) is 12.9. The van der Waals surface area contributed by atoms with Gasteiger partial charge in [0, 0.05) is 23.7 Å². The summed E-state index contributed by atoms with van der Waals surface area (Å²) in [5.41, 5.74) is 2.66. The van der Waals surface area contributed by atoms with Crippen LogP contribution in [-0.2, 0) is 6.42 Å².